The summed E-state index contributed by atoms with van der Waals surface area (Å²) in [7, 11) is 0. The van der Waals surface area contributed by atoms with Crippen molar-refractivity contribution in [2.24, 2.45) is 0 Å². The molecule has 0 aliphatic heterocycles. The van der Waals surface area contributed by atoms with E-state index in [1.165, 1.54) is 5.56 Å². The zero-order valence-electron chi connectivity index (χ0n) is 9.79. The number of benzene rings is 1. The van der Waals surface area contributed by atoms with Crippen molar-refractivity contribution in [2.45, 2.75) is 24.0 Å². The van der Waals surface area contributed by atoms with E-state index in [1.807, 2.05) is 31.2 Å². The van der Waals surface area contributed by atoms with Crippen LogP contribution in [0.25, 0.3) is 0 Å². The third-order valence-electron chi connectivity index (χ3n) is 2.26. The molecule has 2 rings (SSSR count). The molecular weight excluding hydrogens is 252 g/mol. The van der Waals surface area contributed by atoms with E-state index in [4.69, 9.17) is 9.63 Å². The second kappa shape index (κ2) is 5.68. The summed E-state index contributed by atoms with van der Waals surface area (Å²) in [5.74, 6) is 0.243. The quantitative estimate of drug-likeness (QED) is 0.835. The monoisotopic (exact) mass is 264 g/mol. The molecule has 0 atom stereocenters. The van der Waals surface area contributed by atoms with Crippen LogP contribution >= 0.6 is 11.8 Å². The fourth-order valence-corrected chi connectivity index (χ4v) is 2.28. The SMILES string of the molecule is Cc1ccccc1SCc1noc(CC(=O)O)n1. The van der Waals surface area contributed by atoms with E-state index in [9.17, 15) is 4.79 Å². The van der Waals surface area contributed by atoms with Gasteiger partial charge in [0.05, 0.1) is 5.75 Å². The Bertz CT molecular complexity index is 554. The molecule has 1 aromatic carbocycles. The van der Waals surface area contributed by atoms with Crippen molar-refractivity contribution in [3.8, 4) is 0 Å². The second-order valence-corrected chi connectivity index (χ2v) is 4.75. The van der Waals surface area contributed by atoms with Crippen LogP contribution in [0.5, 0.6) is 0 Å². The van der Waals surface area contributed by atoms with Crippen LogP contribution in [-0.4, -0.2) is 21.2 Å². The molecule has 0 aliphatic carbocycles. The average Bonchev–Trinajstić information content (AvgIpc) is 2.75. The summed E-state index contributed by atoms with van der Waals surface area (Å²) < 4.78 is 4.84. The van der Waals surface area contributed by atoms with Gasteiger partial charge >= 0.3 is 5.97 Å². The summed E-state index contributed by atoms with van der Waals surface area (Å²) in [6.07, 6.45) is -0.234. The van der Waals surface area contributed by atoms with Gasteiger partial charge in [0.2, 0.25) is 5.89 Å². The highest BCUT2D eigenvalue weighted by Crippen LogP contribution is 2.24. The molecule has 0 aliphatic rings. The predicted octanol–water partition coefficient (Wildman–Crippen LogP) is 2.30. The lowest BCUT2D eigenvalue weighted by atomic mass is 10.2. The minimum absolute atomic E-state index is 0.142. The van der Waals surface area contributed by atoms with Crippen LogP contribution in [0.3, 0.4) is 0 Å². The van der Waals surface area contributed by atoms with Gasteiger partial charge in [-0.1, -0.05) is 23.4 Å². The van der Waals surface area contributed by atoms with E-state index in [2.05, 4.69) is 10.1 Å². The highest BCUT2D eigenvalue weighted by atomic mass is 32.2. The summed E-state index contributed by atoms with van der Waals surface area (Å²) in [5, 5.41) is 12.3. The number of nitrogens with zero attached hydrogens (tertiary/aromatic N) is 2. The first kappa shape index (κ1) is 12.6. The molecule has 0 saturated carbocycles. The maximum atomic E-state index is 10.5. The summed E-state index contributed by atoms with van der Waals surface area (Å²) >= 11 is 1.60. The van der Waals surface area contributed by atoms with Crippen LogP contribution in [0.1, 0.15) is 17.3 Å². The molecular formula is C12H12N2O3S. The van der Waals surface area contributed by atoms with Crippen LogP contribution in [0.4, 0.5) is 0 Å². The topological polar surface area (TPSA) is 76.2 Å². The zero-order chi connectivity index (χ0) is 13.0. The number of aromatic nitrogens is 2. The molecule has 1 aromatic heterocycles. The summed E-state index contributed by atoms with van der Waals surface area (Å²) in [6.45, 7) is 2.04. The standard InChI is InChI=1S/C12H12N2O3S/c1-8-4-2-3-5-9(8)18-7-10-13-11(17-14-10)6-12(15)16/h2-5H,6-7H2,1H3,(H,15,16). The lowest BCUT2D eigenvalue weighted by Crippen LogP contribution is -2.00. The number of aryl methyl sites for hydroxylation is 1. The van der Waals surface area contributed by atoms with Crippen molar-refractivity contribution in [1.82, 2.24) is 10.1 Å². The molecule has 18 heavy (non-hydrogen) atoms. The van der Waals surface area contributed by atoms with Crippen LogP contribution in [0.2, 0.25) is 0 Å². The zero-order valence-corrected chi connectivity index (χ0v) is 10.6. The van der Waals surface area contributed by atoms with E-state index in [0.717, 1.165) is 4.90 Å². The number of carbonyl (C=O) groups is 1. The lowest BCUT2D eigenvalue weighted by Gasteiger charge is -2.01. The van der Waals surface area contributed by atoms with E-state index >= 15 is 0 Å². The fourth-order valence-electron chi connectivity index (χ4n) is 1.41. The molecule has 5 nitrogen and oxygen atoms in total. The molecule has 94 valence electrons. The van der Waals surface area contributed by atoms with Crippen molar-refractivity contribution in [2.75, 3.05) is 0 Å². The molecule has 1 N–H and O–H groups in total. The van der Waals surface area contributed by atoms with Crippen LogP contribution < -0.4 is 0 Å². The number of aliphatic carboxylic acids is 1. The van der Waals surface area contributed by atoms with Gasteiger partial charge in [-0.05, 0) is 18.6 Å². The molecule has 2 aromatic rings. The maximum absolute atomic E-state index is 10.5. The first-order valence-corrected chi connectivity index (χ1v) is 6.35. The molecule has 0 fully saturated rings. The number of thioether (sulfide) groups is 1. The third kappa shape index (κ3) is 3.33. The largest absolute Gasteiger partial charge is 0.481 e. The molecule has 0 unspecified atom stereocenters. The van der Waals surface area contributed by atoms with Crippen molar-refractivity contribution < 1.29 is 14.4 Å². The first-order valence-electron chi connectivity index (χ1n) is 5.37. The molecule has 0 amide bonds. The maximum Gasteiger partial charge on any atom is 0.312 e. The van der Waals surface area contributed by atoms with Gasteiger partial charge in [-0.15, -0.1) is 11.8 Å². The Morgan fingerprint density at radius 3 is 2.94 bits per heavy atom. The van der Waals surface area contributed by atoms with Gasteiger partial charge in [0.15, 0.2) is 5.82 Å². The first-order chi connectivity index (χ1) is 8.65. The van der Waals surface area contributed by atoms with E-state index in [-0.39, 0.29) is 12.3 Å². The van der Waals surface area contributed by atoms with Crippen molar-refractivity contribution >= 4 is 17.7 Å². The smallest absolute Gasteiger partial charge is 0.312 e. The van der Waals surface area contributed by atoms with Crippen molar-refractivity contribution in [3.63, 3.8) is 0 Å². The molecule has 0 radical (unpaired) electrons. The normalized spacial score (nSPS) is 10.5. The Balaban J connectivity index is 1.96. The molecule has 0 saturated heterocycles. The van der Waals surface area contributed by atoms with E-state index in [1.54, 1.807) is 11.8 Å². The predicted molar refractivity (Wildman–Crippen MR) is 66.4 cm³/mol. The molecule has 0 spiro atoms. The summed E-state index contributed by atoms with van der Waals surface area (Å²) in [6, 6.07) is 8.02. The van der Waals surface area contributed by atoms with E-state index < -0.39 is 5.97 Å². The highest BCUT2D eigenvalue weighted by molar-refractivity contribution is 7.98. The Labute approximate surface area is 108 Å². The molecule has 0 bridgehead atoms. The summed E-state index contributed by atoms with van der Waals surface area (Å²) in [4.78, 5) is 15.6. The number of carboxylic acids is 1. The van der Waals surface area contributed by atoms with E-state index in [0.29, 0.717) is 11.6 Å². The van der Waals surface area contributed by atoms with Gasteiger partial charge in [0, 0.05) is 4.90 Å². The number of rotatable bonds is 5. The average molecular weight is 264 g/mol. The van der Waals surface area contributed by atoms with Gasteiger partial charge in [-0.25, -0.2) is 0 Å². The van der Waals surface area contributed by atoms with Gasteiger partial charge < -0.3 is 9.63 Å². The Morgan fingerprint density at radius 2 is 2.22 bits per heavy atom. The second-order valence-electron chi connectivity index (χ2n) is 3.73. The van der Waals surface area contributed by atoms with Crippen LogP contribution in [0.15, 0.2) is 33.7 Å². The van der Waals surface area contributed by atoms with Crippen molar-refractivity contribution in [3.05, 3.63) is 41.5 Å². The van der Waals surface area contributed by atoms with Gasteiger partial charge in [0.1, 0.15) is 6.42 Å². The van der Waals surface area contributed by atoms with Crippen molar-refractivity contribution in [1.29, 1.82) is 0 Å². The number of hydrogen-bond acceptors (Lipinski definition) is 5. The van der Waals surface area contributed by atoms with Crippen LogP contribution in [0, 0.1) is 6.92 Å². The highest BCUT2D eigenvalue weighted by Gasteiger charge is 2.10. The Kier molecular flexibility index (Phi) is 3.99. The minimum Gasteiger partial charge on any atom is -0.481 e. The van der Waals surface area contributed by atoms with Crippen LogP contribution in [-0.2, 0) is 17.0 Å². The van der Waals surface area contributed by atoms with Gasteiger partial charge in [-0.2, -0.15) is 4.98 Å². The number of carboxylic acid groups (broad SMARTS) is 1. The Hall–Kier alpha value is -1.82. The summed E-state index contributed by atoms with van der Waals surface area (Å²) in [5.41, 5.74) is 1.19. The number of hydrogen-bond donors (Lipinski definition) is 1. The Morgan fingerprint density at radius 1 is 1.44 bits per heavy atom. The lowest BCUT2D eigenvalue weighted by molar-refractivity contribution is -0.136. The molecule has 1 heterocycles. The van der Waals surface area contributed by atoms with Gasteiger partial charge in [-0.3, -0.25) is 4.79 Å². The fraction of sp³-hybridized carbons (Fsp3) is 0.250. The van der Waals surface area contributed by atoms with Gasteiger partial charge in [0.25, 0.3) is 0 Å². The molecule has 6 heteroatoms. The minimum atomic E-state index is -0.975. The third-order valence-corrected chi connectivity index (χ3v) is 3.43.